The number of aromatic hydroxyl groups is 1. The third-order valence-corrected chi connectivity index (χ3v) is 6.80. The van der Waals surface area contributed by atoms with Crippen LogP contribution in [0.1, 0.15) is 36.8 Å². The second-order valence-corrected chi connectivity index (χ2v) is 10.8. The summed E-state index contributed by atoms with van der Waals surface area (Å²) >= 11 is 6.43. The Hall–Kier alpha value is -3.35. The molecule has 4 nitrogen and oxygen atoms in total. The van der Waals surface area contributed by atoms with Crippen LogP contribution < -0.4 is 10.6 Å². The van der Waals surface area contributed by atoms with Crippen molar-refractivity contribution in [2.24, 2.45) is 9.98 Å². The van der Waals surface area contributed by atoms with Gasteiger partial charge >= 0.3 is 0 Å². The summed E-state index contributed by atoms with van der Waals surface area (Å²) in [6.07, 6.45) is 1.89. The molecule has 33 heavy (non-hydrogen) atoms. The molecule has 0 bridgehead atoms. The number of hydrogen-bond acceptors (Lipinski definition) is 5. The molecule has 164 valence electrons. The van der Waals surface area contributed by atoms with E-state index in [2.05, 4.69) is 74.3 Å². The number of nitrogens with one attached hydrogen (secondary N) is 1. The number of rotatable bonds is 3. The van der Waals surface area contributed by atoms with Crippen LogP contribution >= 0.6 is 23.6 Å². The van der Waals surface area contributed by atoms with Gasteiger partial charge in [-0.25, -0.2) is 9.98 Å². The van der Waals surface area contributed by atoms with Crippen molar-refractivity contribution in [3.63, 3.8) is 0 Å². The number of aromatic amines is 1. The molecule has 1 aliphatic heterocycles. The van der Waals surface area contributed by atoms with Gasteiger partial charge in [-0.3, -0.25) is 0 Å². The van der Waals surface area contributed by atoms with E-state index in [0.29, 0.717) is 14.7 Å². The number of benzene rings is 3. The molecule has 1 aromatic heterocycles. The van der Waals surface area contributed by atoms with E-state index in [1.165, 1.54) is 28.0 Å². The average molecular weight is 470 g/mol. The molecule has 0 saturated heterocycles. The third kappa shape index (κ3) is 4.45. The molecule has 0 radical (unpaired) electrons. The number of H-pyrrole nitrogens is 1. The highest BCUT2D eigenvalue weighted by Gasteiger charge is 2.14. The molecule has 0 amide bonds. The molecule has 2 N–H and O–H groups in total. The van der Waals surface area contributed by atoms with Gasteiger partial charge in [0.05, 0.1) is 15.9 Å². The first kappa shape index (κ1) is 21.5. The first-order valence-electron chi connectivity index (χ1n) is 10.7. The minimum atomic E-state index is 0.0903. The van der Waals surface area contributed by atoms with Crippen molar-refractivity contribution in [1.82, 2.24) is 4.98 Å². The highest BCUT2D eigenvalue weighted by Crippen LogP contribution is 2.27. The summed E-state index contributed by atoms with van der Waals surface area (Å²) in [6, 6.07) is 23.0. The van der Waals surface area contributed by atoms with Crippen LogP contribution in [0.3, 0.4) is 0 Å². The SMILES string of the molecule is CC(C)(C)c1ccc(-c2ccc(C3=Nc4c/c(=C\c5sc(=S)[nH]c5O)ccc4=N3)cc2)cc1. The largest absolute Gasteiger partial charge is 0.494 e. The maximum Gasteiger partial charge on any atom is 0.207 e. The quantitative estimate of drug-likeness (QED) is 0.361. The summed E-state index contributed by atoms with van der Waals surface area (Å²) in [5.41, 5.74) is 5.63. The zero-order valence-corrected chi connectivity index (χ0v) is 20.2. The van der Waals surface area contributed by atoms with E-state index in [-0.39, 0.29) is 11.3 Å². The Morgan fingerprint density at radius 1 is 0.879 bits per heavy atom. The van der Waals surface area contributed by atoms with E-state index in [0.717, 1.165) is 21.8 Å². The number of aliphatic imine (C=N–C) groups is 1. The number of nitrogens with zero attached hydrogens (tertiary/aromatic N) is 2. The number of hydrogen-bond donors (Lipinski definition) is 2. The van der Waals surface area contributed by atoms with Gasteiger partial charge in [0.25, 0.3) is 0 Å². The molecule has 0 unspecified atom stereocenters. The van der Waals surface area contributed by atoms with E-state index in [9.17, 15) is 5.11 Å². The Morgan fingerprint density at radius 3 is 2.12 bits per heavy atom. The molecule has 2 heterocycles. The Morgan fingerprint density at radius 2 is 1.52 bits per heavy atom. The Balaban J connectivity index is 1.41. The van der Waals surface area contributed by atoms with Gasteiger partial charge in [-0.1, -0.05) is 75.4 Å². The van der Waals surface area contributed by atoms with Crippen molar-refractivity contribution in [3.05, 3.63) is 97.3 Å². The van der Waals surface area contributed by atoms with Crippen LogP contribution in [0.15, 0.2) is 76.7 Å². The number of thiazole rings is 1. The summed E-state index contributed by atoms with van der Waals surface area (Å²) in [5.74, 6) is 0.796. The van der Waals surface area contributed by atoms with Crippen LogP contribution in [-0.4, -0.2) is 15.9 Å². The van der Waals surface area contributed by atoms with E-state index < -0.39 is 0 Å². The second kappa shape index (κ2) is 8.21. The first-order chi connectivity index (χ1) is 15.8. The van der Waals surface area contributed by atoms with Gasteiger partial charge in [0.1, 0.15) is 0 Å². The molecule has 0 spiro atoms. The molecule has 5 rings (SSSR count). The van der Waals surface area contributed by atoms with Gasteiger partial charge in [-0.15, -0.1) is 11.3 Å². The molecule has 0 saturated carbocycles. The zero-order chi connectivity index (χ0) is 23.2. The Labute approximate surface area is 201 Å². The predicted octanol–water partition coefficient (Wildman–Crippen LogP) is 6.02. The van der Waals surface area contributed by atoms with Gasteiger partial charge in [0, 0.05) is 5.56 Å². The molecular formula is C27H23N3OS2. The highest BCUT2D eigenvalue weighted by molar-refractivity contribution is 7.73. The van der Waals surface area contributed by atoms with Gasteiger partial charge in [0.2, 0.25) is 5.88 Å². The van der Waals surface area contributed by atoms with Crippen LogP contribution in [0.25, 0.3) is 17.2 Å². The van der Waals surface area contributed by atoms with Crippen LogP contribution in [0.2, 0.25) is 0 Å². The Bertz CT molecular complexity index is 1550. The normalized spacial score (nSPS) is 13.5. The van der Waals surface area contributed by atoms with Crippen LogP contribution in [0.4, 0.5) is 5.69 Å². The van der Waals surface area contributed by atoms with Crippen molar-refractivity contribution in [2.75, 3.05) is 0 Å². The van der Waals surface area contributed by atoms with Crippen molar-refractivity contribution < 1.29 is 5.11 Å². The van der Waals surface area contributed by atoms with Gasteiger partial charge in [-0.05, 0) is 57.8 Å². The summed E-state index contributed by atoms with van der Waals surface area (Å²) in [5, 5.41) is 11.7. The number of amidine groups is 1. The lowest BCUT2D eigenvalue weighted by molar-refractivity contribution is 0.456. The average Bonchev–Trinajstić information content (AvgIpc) is 3.35. The number of fused-ring (bicyclic) bond motifs is 1. The van der Waals surface area contributed by atoms with Crippen LogP contribution in [0.5, 0.6) is 5.88 Å². The smallest absolute Gasteiger partial charge is 0.207 e. The monoisotopic (exact) mass is 469 g/mol. The van der Waals surface area contributed by atoms with Crippen molar-refractivity contribution in [3.8, 4) is 17.0 Å². The first-order valence-corrected chi connectivity index (χ1v) is 11.9. The van der Waals surface area contributed by atoms with Crippen molar-refractivity contribution >= 4 is 41.2 Å². The summed E-state index contributed by atoms with van der Waals surface area (Å²) in [7, 11) is 0. The maximum absolute atomic E-state index is 9.94. The summed E-state index contributed by atoms with van der Waals surface area (Å²) in [6.45, 7) is 6.68. The zero-order valence-electron chi connectivity index (χ0n) is 18.6. The van der Waals surface area contributed by atoms with E-state index in [1.807, 2.05) is 24.3 Å². The van der Waals surface area contributed by atoms with E-state index in [1.54, 1.807) is 0 Å². The van der Waals surface area contributed by atoms with Crippen LogP contribution in [0, 0.1) is 3.95 Å². The van der Waals surface area contributed by atoms with Gasteiger partial charge in [0.15, 0.2) is 9.79 Å². The molecule has 0 aliphatic carbocycles. The molecule has 6 heteroatoms. The van der Waals surface area contributed by atoms with E-state index >= 15 is 0 Å². The lowest BCUT2D eigenvalue weighted by atomic mass is 9.86. The predicted molar refractivity (Wildman–Crippen MR) is 139 cm³/mol. The standard InChI is InChI=1S/C27H23N3OS2/c1-27(2,3)20-11-9-18(10-12-20)17-5-7-19(8-6-17)24-28-21-13-4-16(14-22(21)29-24)15-23-25(31)30-26(32)33-23/h4-15,31H,1-3H3,(H,30,32)/b16-15-. The molecule has 0 atom stereocenters. The summed E-state index contributed by atoms with van der Waals surface area (Å²) < 4.78 is 0.545. The second-order valence-electron chi connectivity index (χ2n) is 9.07. The van der Waals surface area contributed by atoms with Crippen LogP contribution in [-0.2, 0) is 5.41 Å². The van der Waals surface area contributed by atoms with E-state index in [4.69, 9.17) is 22.2 Å². The van der Waals surface area contributed by atoms with Crippen molar-refractivity contribution in [1.29, 1.82) is 0 Å². The molecular weight excluding hydrogens is 446 g/mol. The molecule has 4 aromatic rings. The topological polar surface area (TPSA) is 60.7 Å². The van der Waals surface area contributed by atoms with Crippen molar-refractivity contribution in [2.45, 2.75) is 26.2 Å². The third-order valence-electron chi connectivity index (χ3n) is 5.63. The fourth-order valence-corrected chi connectivity index (χ4v) is 4.81. The lowest BCUT2D eigenvalue weighted by Gasteiger charge is -2.19. The maximum atomic E-state index is 9.94. The fraction of sp³-hybridized carbons (Fsp3) is 0.148. The Kier molecular flexibility index (Phi) is 5.35. The molecule has 3 aromatic carbocycles. The van der Waals surface area contributed by atoms with Gasteiger partial charge < -0.3 is 10.1 Å². The summed E-state index contributed by atoms with van der Waals surface area (Å²) in [4.78, 5) is 12.9. The fourth-order valence-electron chi connectivity index (χ4n) is 3.75. The molecule has 1 aliphatic rings. The minimum Gasteiger partial charge on any atom is -0.494 e. The lowest BCUT2D eigenvalue weighted by Crippen LogP contribution is -2.10. The number of aromatic nitrogens is 1. The minimum absolute atomic E-state index is 0.0903. The van der Waals surface area contributed by atoms with Gasteiger partial charge in [-0.2, -0.15) is 0 Å². The molecule has 0 fully saturated rings. The highest BCUT2D eigenvalue weighted by atomic mass is 32.1.